The molecule has 1 saturated heterocycles. The molecule has 1 aromatic heterocycles. The highest BCUT2D eigenvalue weighted by Gasteiger charge is 2.24. The standard InChI is InChI=1S/C16H20N4O4/c1-11(19(2)9-12-7-8-23-10-12)15-17-18-16(24-15)13-3-5-14(6-4-13)20(21)22/h3-6,11-12H,7-10H2,1-2H3. The van der Waals surface area contributed by atoms with E-state index in [4.69, 9.17) is 9.15 Å². The minimum Gasteiger partial charge on any atom is -0.419 e. The van der Waals surface area contributed by atoms with Crippen LogP contribution in [0.3, 0.4) is 0 Å². The Bertz CT molecular complexity index is 694. The summed E-state index contributed by atoms with van der Waals surface area (Å²) in [7, 11) is 2.03. The van der Waals surface area contributed by atoms with E-state index in [0.717, 1.165) is 26.2 Å². The zero-order valence-corrected chi connectivity index (χ0v) is 13.7. The van der Waals surface area contributed by atoms with Gasteiger partial charge in [0.1, 0.15) is 0 Å². The second-order valence-corrected chi connectivity index (χ2v) is 6.09. The van der Waals surface area contributed by atoms with Crippen LogP contribution in [0.2, 0.25) is 0 Å². The Morgan fingerprint density at radius 3 is 2.75 bits per heavy atom. The monoisotopic (exact) mass is 332 g/mol. The summed E-state index contributed by atoms with van der Waals surface area (Å²) >= 11 is 0. The van der Waals surface area contributed by atoms with Gasteiger partial charge in [0.25, 0.3) is 5.69 Å². The number of nitrogens with zero attached hydrogens (tertiary/aromatic N) is 4. The third kappa shape index (κ3) is 3.60. The lowest BCUT2D eigenvalue weighted by molar-refractivity contribution is -0.384. The molecular formula is C16H20N4O4. The summed E-state index contributed by atoms with van der Waals surface area (Å²) in [5.74, 6) is 1.43. The average Bonchev–Trinajstić information content (AvgIpc) is 3.26. The van der Waals surface area contributed by atoms with Crippen LogP contribution < -0.4 is 0 Å². The second-order valence-electron chi connectivity index (χ2n) is 6.09. The maximum atomic E-state index is 10.7. The van der Waals surface area contributed by atoms with E-state index < -0.39 is 4.92 Å². The van der Waals surface area contributed by atoms with Crippen LogP contribution in [0.15, 0.2) is 28.7 Å². The molecule has 2 atom stereocenters. The first-order valence-electron chi connectivity index (χ1n) is 7.91. The van der Waals surface area contributed by atoms with Gasteiger partial charge in [-0.25, -0.2) is 0 Å². The summed E-state index contributed by atoms with van der Waals surface area (Å²) in [4.78, 5) is 12.4. The van der Waals surface area contributed by atoms with Crippen LogP contribution >= 0.6 is 0 Å². The van der Waals surface area contributed by atoms with E-state index in [0.29, 0.717) is 23.3 Å². The van der Waals surface area contributed by atoms with Crippen LogP contribution in [0.4, 0.5) is 5.69 Å². The minimum atomic E-state index is -0.438. The van der Waals surface area contributed by atoms with Gasteiger partial charge in [0, 0.05) is 30.8 Å². The Balaban J connectivity index is 1.68. The molecule has 0 aliphatic carbocycles. The zero-order valence-electron chi connectivity index (χ0n) is 13.7. The predicted octanol–water partition coefficient (Wildman–Crippen LogP) is 2.67. The van der Waals surface area contributed by atoms with Crippen molar-refractivity contribution in [2.75, 3.05) is 26.8 Å². The van der Waals surface area contributed by atoms with Gasteiger partial charge in [0.05, 0.1) is 17.6 Å². The molecule has 2 aromatic rings. The molecule has 0 bridgehead atoms. The molecule has 1 aliphatic rings. The molecule has 1 aromatic carbocycles. The highest BCUT2D eigenvalue weighted by atomic mass is 16.6. The Hall–Kier alpha value is -2.32. The highest BCUT2D eigenvalue weighted by molar-refractivity contribution is 5.55. The number of non-ortho nitro benzene ring substituents is 1. The summed E-state index contributed by atoms with van der Waals surface area (Å²) < 4.78 is 11.2. The lowest BCUT2D eigenvalue weighted by Crippen LogP contribution is -2.29. The van der Waals surface area contributed by atoms with Gasteiger partial charge in [-0.2, -0.15) is 0 Å². The van der Waals surface area contributed by atoms with Crippen molar-refractivity contribution >= 4 is 5.69 Å². The van der Waals surface area contributed by atoms with E-state index in [1.807, 2.05) is 14.0 Å². The Morgan fingerprint density at radius 2 is 2.12 bits per heavy atom. The first kappa shape index (κ1) is 16.5. The molecule has 1 aliphatic heterocycles. The molecule has 8 nitrogen and oxygen atoms in total. The van der Waals surface area contributed by atoms with Crippen LogP contribution in [-0.2, 0) is 4.74 Å². The van der Waals surface area contributed by atoms with Gasteiger partial charge in [-0.1, -0.05) is 0 Å². The van der Waals surface area contributed by atoms with Crippen LogP contribution in [0.1, 0.15) is 25.3 Å². The smallest absolute Gasteiger partial charge is 0.269 e. The van der Waals surface area contributed by atoms with Crippen molar-refractivity contribution in [1.82, 2.24) is 15.1 Å². The molecule has 0 spiro atoms. The minimum absolute atomic E-state index is 0.00935. The van der Waals surface area contributed by atoms with Crippen molar-refractivity contribution < 1.29 is 14.1 Å². The lowest BCUT2D eigenvalue weighted by Gasteiger charge is -2.24. The Labute approximate surface area is 139 Å². The average molecular weight is 332 g/mol. The number of aromatic nitrogens is 2. The summed E-state index contributed by atoms with van der Waals surface area (Å²) in [6, 6.07) is 6.06. The van der Waals surface area contributed by atoms with Crippen LogP contribution in [0, 0.1) is 16.0 Å². The molecule has 0 radical (unpaired) electrons. The molecule has 128 valence electrons. The zero-order chi connectivity index (χ0) is 17.1. The molecule has 2 unspecified atom stereocenters. The van der Waals surface area contributed by atoms with Crippen molar-refractivity contribution in [3.8, 4) is 11.5 Å². The van der Waals surface area contributed by atoms with Gasteiger partial charge in [0.15, 0.2) is 0 Å². The summed E-state index contributed by atoms with van der Waals surface area (Å²) in [5, 5.41) is 18.9. The number of rotatable bonds is 6. The van der Waals surface area contributed by atoms with Crippen LogP contribution in [-0.4, -0.2) is 46.8 Å². The molecule has 1 fully saturated rings. The number of hydrogen-bond acceptors (Lipinski definition) is 7. The van der Waals surface area contributed by atoms with E-state index in [9.17, 15) is 10.1 Å². The number of hydrogen-bond donors (Lipinski definition) is 0. The largest absolute Gasteiger partial charge is 0.419 e. The van der Waals surface area contributed by atoms with Crippen molar-refractivity contribution in [1.29, 1.82) is 0 Å². The maximum Gasteiger partial charge on any atom is 0.269 e. The topological polar surface area (TPSA) is 94.5 Å². The van der Waals surface area contributed by atoms with E-state index in [-0.39, 0.29) is 11.7 Å². The van der Waals surface area contributed by atoms with E-state index in [1.54, 1.807) is 12.1 Å². The number of benzene rings is 1. The molecule has 0 N–H and O–H groups in total. The first-order chi connectivity index (χ1) is 11.5. The van der Waals surface area contributed by atoms with Gasteiger partial charge in [0.2, 0.25) is 11.8 Å². The third-order valence-corrected chi connectivity index (χ3v) is 4.35. The maximum absolute atomic E-state index is 10.7. The fraction of sp³-hybridized carbons (Fsp3) is 0.500. The molecule has 0 amide bonds. The predicted molar refractivity (Wildman–Crippen MR) is 86.4 cm³/mol. The quantitative estimate of drug-likeness (QED) is 0.593. The van der Waals surface area contributed by atoms with Crippen molar-refractivity contribution in [2.45, 2.75) is 19.4 Å². The molecular weight excluding hydrogens is 312 g/mol. The lowest BCUT2D eigenvalue weighted by atomic mass is 10.1. The van der Waals surface area contributed by atoms with Gasteiger partial charge in [-0.3, -0.25) is 15.0 Å². The van der Waals surface area contributed by atoms with E-state index in [1.165, 1.54) is 12.1 Å². The van der Waals surface area contributed by atoms with Crippen molar-refractivity contribution in [3.63, 3.8) is 0 Å². The van der Waals surface area contributed by atoms with Crippen molar-refractivity contribution in [3.05, 3.63) is 40.3 Å². The summed E-state index contributed by atoms with van der Waals surface area (Å²) in [6.07, 6.45) is 1.08. The van der Waals surface area contributed by atoms with Crippen molar-refractivity contribution in [2.24, 2.45) is 5.92 Å². The molecule has 24 heavy (non-hydrogen) atoms. The van der Waals surface area contributed by atoms with Crippen LogP contribution in [0.5, 0.6) is 0 Å². The first-order valence-corrected chi connectivity index (χ1v) is 7.91. The van der Waals surface area contributed by atoms with Gasteiger partial charge < -0.3 is 9.15 Å². The number of ether oxygens (including phenoxy) is 1. The molecule has 0 saturated carbocycles. The second kappa shape index (κ2) is 7.06. The summed E-state index contributed by atoms with van der Waals surface area (Å²) in [5.41, 5.74) is 0.698. The Morgan fingerprint density at radius 1 is 1.38 bits per heavy atom. The molecule has 3 rings (SSSR count). The van der Waals surface area contributed by atoms with E-state index >= 15 is 0 Å². The van der Waals surface area contributed by atoms with Gasteiger partial charge in [-0.15, -0.1) is 10.2 Å². The number of nitro benzene ring substituents is 1. The fourth-order valence-corrected chi connectivity index (χ4v) is 2.73. The normalized spacial score (nSPS) is 18.9. The van der Waals surface area contributed by atoms with E-state index in [2.05, 4.69) is 15.1 Å². The summed E-state index contributed by atoms with van der Waals surface area (Å²) in [6.45, 7) is 4.56. The number of nitro groups is 1. The van der Waals surface area contributed by atoms with Gasteiger partial charge >= 0.3 is 0 Å². The Kier molecular flexibility index (Phi) is 4.86. The molecule has 8 heteroatoms. The third-order valence-electron chi connectivity index (χ3n) is 4.35. The fourth-order valence-electron chi connectivity index (χ4n) is 2.73. The van der Waals surface area contributed by atoms with Crippen LogP contribution in [0.25, 0.3) is 11.5 Å². The highest BCUT2D eigenvalue weighted by Crippen LogP contribution is 2.26. The molecule has 2 heterocycles. The SMILES string of the molecule is CC(c1nnc(-c2ccc([N+](=O)[O-])cc2)o1)N(C)CC1CCOC1. The van der Waals surface area contributed by atoms with Gasteiger partial charge in [-0.05, 0) is 38.4 Å².